The van der Waals surface area contributed by atoms with Crippen molar-refractivity contribution in [3.63, 3.8) is 0 Å². The van der Waals surface area contributed by atoms with Crippen LogP contribution < -0.4 is 21.7 Å². The van der Waals surface area contributed by atoms with Gasteiger partial charge in [0.25, 0.3) is 0 Å². The van der Waals surface area contributed by atoms with Crippen molar-refractivity contribution in [3.05, 3.63) is 11.6 Å². The second kappa shape index (κ2) is 26.4. The van der Waals surface area contributed by atoms with Crippen LogP contribution in [0.25, 0.3) is 0 Å². The Hall–Kier alpha value is -1.58. The summed E-state index contributed by atoms with van der Waals surface area (Å²) in [6.45, 7) is 23.2. The zero-order valence-corrected chi connectivity index (χ0v) is 37.6. The number of unbranched alkanes of at least 4 members (excludes halogenated alkanes) is 2. The zero-order valence-electron chi connectivity index (χ0n) is 36.8. The highest BCUT2D eigenvalue weighted by Gasteiger charge is 2.58. The van der Waals surface area contributed by atoms with Gasteiger partial charge in [0.1, 0.15) is 0 Å². The number of likely N-dealkylation sites (N-methyl/N-ethyl adjacent to an activating group) is 1. The SMILES string of the molecule is CC.CC(C)CCCCC1CCC2C3CC=C4CC(SCC(=O)NC(C)CO)CCC4(C)C3CCC12C.CCCCNC(=O)CC(C)C.CNCC(N)=O. The average molecular weight is 779 g/mol. The second-order valence-electron chi connectivity index (χ2n) is 17.9. The summed E-state index contributed by atoms with van der Waals surface area (Å²) in [5, 5.41) is 18.1. The van der Waals surface area contributed by atoms with Crippen LogP contribution in [0.4, 0.5) is 0 Å². The molecule has 0 aromatic rings. The number of thioether (sulfide) groups is 1. The number of hydrogen-bond acceptors (Lipinski definition) is 6. The molecule has 6 N–H and O–H groups in total. The lowest BCUT2D eigenvalue weighted by Crippen LogP contribution is -2.50. The summed E-state index contributed by atoms with van der Waals surface area (Å²) in [4.78, 5) is 33.0. The molecule has 3 saturated carbocycles. The lowest BCUT2D eigenvalue weighted by Gasteiger charge is -2.58. The Morgan fingerprint density at radius 2 is 1.65 bits per heavy atom. The number of nitrogens with two attached hydrogens (primary N) is 1. The number of hydrogen-bond donors (Lipinski definition) is 5. The molecule has 8 unspecified atom stereocenters. The lowest BCUT2D eigenvalue weighted by molar-refractivity contribution is -0.122. The number of nitrogens with one attached hydrogen (secondary N) is 3. The molecule has 54 heavy (non-hydrogen) atoms. The van der Waals surface area contributed by atoms with Crippen molar-refractivity contribution in [3.8, 4) is 0 Å². The van der Waals surface area contributed by atoms with Gasteiger partial charge >= 0.3 is 0 Å². The number of amides is 3. The van der Waals surface area contributed by atoms with Crippen molar-refractivity contribution in [1.82, 2.24) is 16.0 Å². The van der Waals surface area contributed by atoms with Crippen LogP contribution in [0.1, 0.15) is 166 Å². The molecule has 0 bridgehead atoms. The Balaban J connectivity index is 0.000000636. The van der Waals surface area contributed by atoms with E-state index in [1.807, 2.05) is 32.5 Å². The van der Waals surface area contributed by atoms with E-state index < -0.39 is 0 Å². The molecule has 4 rings (SSSR count). The van der Waals surface area contributed by atoms with Crippen molar-refractivity contribution in [2.24, 2.45) is 52.1 Å². The van der Waals surface area contributed by atoms with Gasteiger partial charge in [-0.2, -0.15) is 0 Å². The van der Waals surface area contributed by atoms with Gasteiger partial charge in [0.2, 0.25) is 17.7 Å². The number of aliphatic hydroxyl groups is 1. The van der Waals surface area contributed by atoms with Crippen LogP contribution in [0.3, 0.4) is 0 Å². The Labute approximate surface area is 336 Å². The number of carbonyl (C=O) groups excluding carboxylic acids is 3. The summed E-state index contributed by atoms with van der Waals surface area (Å²) in [6.07, 6.45) is 22.2. The fourth-order valence-electron chi connectivity index (χ4n) is 9.87. The lowest BCUT2D eigenvalue weighted by atomic mass is 9.47. The van der Waals surface area contributed by atoms with Gasteiger partial charge in [-0.25, -0.2) is 0 Å². The molecule has 8 nitrogen and oxygen atoms in total. The van der Waals surface area contributed by atoms with Crippen LogP contribution in [0, 0.1) is 46.3 Å². The second-order valence-corrected chi connectivity index (χ2v) is 19.2. The Kier molecular flexibility index (Phi) is 24.6. The number of primary amides is 1. The van der Waals surface area contributed by atoms with E-state index in [9.17, 15) is 19.5 Å². The molecule has 0 heterocycles. The average Bonchev–Trinajstić information content (AvgIpc) is 3.46. The maximum absolute atomic E-state index is 12.2. The number of carbonyl (C=O) groups is 3. The molecule has 0 aromatic carbocycles. The van der Waals surface area contributed by atoms with E-state index in [0.717, 1.165) is 49.0 Å². The topological polar surface area (TPSA) is 134 Å². The van der Waals surface area contributed by atoms with Gasteiger partial charge in [-0.05, 0) is 125 Å². The molecular formula is C45H86N4O4S. The summed E-state index contributed by atoms with van der Waals surface area (Å²) in [7, 11) is 1.67. The number of rotatable bonds is 17. The fraction of sp³-hybridized carbons (Fsp3) is 0.889. The van der Waals surface area contributed by atoms with Crippen LogP contribution in [0.5, 0.6) is 0 Å². The van der Waals surface area contributed by atoms with Gasteiger partial charge in [-0.15, -0.1) is 11.8 Å². The van der Waals surface area contributed by atoms with E-state index in [-0.39, 0.29) is 36.9 Å². The van der Waals surface area contributed by atoms with E-state index in [1.54, 1.807) is 12.6 Å². The Morgan fingerprint density at radius 1 is 0.944 bits per heavy atom. The molecular weight excluding hydrogens is 693 g/mol. The van der Waals surface area contributed by atoms with Gasteiger partial charge in [-0.1, -0.05) is 99.6 Å². The molecule has 0 aliphatic heterocycles. The molecule has 4 aliphatic rings. The molecule has 8 atom stereocenters. The molecule has 0 saturated heterocycles. The van der Waals surface area contributed by atoms with Crippen LogP contribution in [0.2, 0.25) is 0 Å². The maximum atomic E-state index is 12.2. The van der Waals surface area contributed by atoms with Crippen LogP contribution >= 0.6 is 11.8 Å². The third-order valence-corrected chi connectivity index (χ3v) is 14.1. The van der Waals surface area contributed by atoms with E-state index >= 15 is 0 Å². The highest BCUT2D eigenvalue weighted by Crippen LogP contribution is 2.67. The van der Waals surface area contributed by atoms with Crippen molar-refractivity contribution in [2.75, 3.05) is 32.5 Å². The highest BCUT2D eigenvalue weighted by atomic mass is 32.2. The highest BCUT2D eigenvalue weighted by molar-refractivity contribution is 8.00. The van der Waals surface area contributed by atoms with E-state index in [1.165, 1.54) is 77.0 Å². The third-order valence-electron chi connectivity index (χ3n) is 12.8. The molecule has 0 spiro atoms. The standard InChI is InChI=1S/C31H53NO2S.C9H19NO.C3H8N2O.C2H6/c1-21(2)8-6-7-9-23-11-13-27-26-12-10-24-18-25(35-20-29(34)32-22(3)19-33)14-16-31(24,5)28(26)15-17-30(23,27)4;1-4-5-6-10-9(11)7-8(2)3;1-5-2-3(4)6;1-2/h10,21-23,25-28,33H,6-9,11-20H2,1-5H3,(H,32,34);8H,4-7H2,1-3H3,(H,10,11);5H,2H2,1H3,(H2,4,6);1-2H3. The summed E-state index contributed by atoms with van der Waals surface area (Å²) in [6, 6.07) is -0.150. The molecule has 3 amide bonds. The smallest absolute Gasteiger partial charge is 0.231 e. The minimum atomic E-state index is -0.322. The fourth-order valence-corrected chi connectivity index (χ4v) is 10.9. The molecule has 4 aliphatic carbocycles. The van der Waals surface area contributed by atoms with Crippen molar-refractivity contribution >= 4 is 29.5 Å². The predicted octanol–water partition coefficient (Wildman–Crippen LogP) is 9.05. The van der Waals surface area contributed by atoms with Gasteiger partial charge in [-0.3, -0.25) is 14.4 Å². The van der Waals surface area contributed by atoms with Crippen LogP contribution in [-0.2, 0) is 14.4 Å². The van der Waals surface area contributed by atoms with E-state index in [4.69, 9.17) is 5.73 Å². The Morgan fingerprint density at radius 3 is 2.22 bits per heavy atom. The number of fused-ring (bicyclic) bond motifs is 5. The monoisotopic (exact) mass is 779 g/mol. The first-order valence-corrected chi connectivity index (χ1v) is 23.1. The first-order valence-electron chi connectivity index (χ1n) is 22.0. The summed E-state index contributed by atoms with van der Waals surface area (Å²) >= 11 is 1.83. The van der Waals surface area contributed by atoms with Gasteiger partial charge in [0.15, 0.2) is 0 Å². The summed E-state index contributed by atoms with van der Waals surface area (Å²) < 4.78 is 0. The van der Waals surface area contributed by atoms with E-state index in [2.05, 4.69) is 70.5 Å². The maximum Gasteiger partial charge on any atom is 0.231 e. The third kappa shape index (κ3) is 16.5. The van der Waals surface area contributed by atoms with Crippen LogP contribution in [-0.4, -0.2) is 66.6 Å². The largest absolute Gasteiger partial charge is 0.394 e. The van der Waals surface area contributed by atoms with Crippen LogP contribution in [0.15, 0.2) is 11.6 Å². The van der Waals surface area contributed by atoms with Crippen molar-refractivity contribution in [2.45, 2.75) is 177 Å². The Bertz CT molecular complexity index is 1120. The molecule has 0 aromatic heterocycles. The van der Waals surface area contributed by atoms with Gasteiger partial charge in [0, 0.05) is 24.3 Å². The molecule has 3 fully saturated rings. The minimum absolute atomic E-state index is 0.00650. The summed E-state index contributed by atoms with van der Waals surface area (Å²) in [5.41, 5.74) is 7.41. The van der Waals surface area contributed by atoms with Gasteiger partial charge in [0.05, 0.1) is 18.9 Å². The molecule has 316 valence electrons. The molecule has 9 heteroatoms. The first kappa shape index (κ1) is 50.4. The quantitative estimate of drug-likeness (QED) is 0.0740. The van der Waals surface area contributed by atoms with E-state index in [0.29, 0.717) is 34.2 Å². The summed E-state index contributed by atoms with van der Waals surface area (Å²) in [5.74, 6) is 5.45. The van der Waals surface area contributed by atoms with Crippen molar-refractivity contribution < 1.29 is 19.5 Å². The number of allylic oxidation sites excluding steroid dienone is 2. The predicted molar refractivity (Wildman–Crippen MR) is 231 cm³/mol. The molecule has 0 radical (unpaired) electrons. The van der Waals surface area contributed by atoms with Gasteiger partial charge < -0.3 is 26.8 Å². The minimum Gasteiger partial charge on any atom is -0.394 e. The first-order chi connectivity index (χ1) is 25.6. The normalized spacial score (nSPS) is 28.6. The number of aliphatic hydroxyl groups excluding tert-OH is 1. The van der Waals surface area contributed by atoms with Crippen molar-refractivity contribution in [1.29, 1.82) is 0 Å². The zero-order chi connectivity index (χ0) is 40.9.